The number of nitrogens with zero attached hydrogens (tertiary/aromatic N) is 2. The van der Waals surface area contributed by atoms with Crippen LogP contribution in [0.1, 0.15) is 23.0 Å². The summed E-state index contributed by atoms with van der Waals surface area (Å²) in [7, 11) is 0. The molecule has 0 bridgehead atoms. The molecule has 1 aromatic heterocycles. The second-order valence-corrected chi connectivity index (χ2v) is 3.61. The van der Waals surface area contributed by atoms with Gasteiger partial charge in [-0.25, -0.2) is 4.98 Å². The van der Waals surface area contributed by atoms with Crippen LogP contribution in [-0.4, -0.2) is 15.2 Å². The first kappa shape index (κ1) is 9.86. The summed E-state index contributed by atoms with van der Waals surface area (Å²) in [4.78, 5) is 4.05. The maximum atomic E-state index is 6.01. The number of benzene rings is 1. The van der Waals surface area contributed by atoms with E-state index in [0.29, 0.717) is 0 Å². The van der Waals surface area contributed by atoms with Gasteiger partial charge in [0.05, 0.1) is 6.04 Å². The summed E-state index contributed by atoms with van der Waals surface area (Å²) in [6.45, 7) is 2.09. The highest BCUT2D eigenvalue weighted by Crippen LogP contribution is 2.14. The number of aryl methyl sites for hydroxylation is 1. The van der Waals surface area contributed by atoms with Gasteiger partial charge in [0.25, 0.3) is 0 Å². The molecule has 4 heteroatoms. The Kier molecular flexibility index (Phi) is 2.78. The second-order valence-electron chi connectivity index (χ2n) is 3.61. The molecular weight excluding hydrogens is 188 g/mol. The maximum Gasteiger partial charge on any atom is 0.141 e. The van der Waals surface area contributed by atoms with E-state index in [1.807, 2.05) is 12.1 Å². The fraction of sp³-hybridized carbons (Fsp3) is 0.273. The first-order valence-electron chi connectivity index (χ1n) is 4.92. The third-order valence-corrected chi connectivity index (χ3v) is 2.49. The van der Waals surface area contributed by atoms with Crippen LogP contribution in [0, 0.1) is 6.92 Å². The molecule has 4 nitrogen and oxygen atoms in total. The van der Waals surface area contributed by atoms with E-state index in [-0.39, 0.29) is 6.04 Å². The number of hydrogen-bond acceptors (Lipinski definition) is 3. The Balaban J connectivity index is 2.13. The number of hydrogen-bond donors (Lipinski definition) is 2. The van der Waals surface area contributed by atoms with Gasteiger partial charge in [-0.15, -0.1) is 0 Å². The van der Waals surface area contributed by atoms with Crippen molar-refractivity contribution < 1.29 is 0 Å². The molecule has 0 amide bonds. The van der Waals surface area contributed by atoms with Crippen molar-refractivity contribution in [1.29, 1.82) is 0 Å². The number of aromatic nitrogens is 3. The first-order valence-corrected chi connectivity index (χ1v) is 4.92. The van der Waals surface area contributed by atoms with Crippen molar-refractivity contribution in [2.45, 2.75) is 19.4 Å². The van der Waals surface area contributed by atoms with Gasteiger partial charge in [0.15, 0.2) is 0 Å². The highest BCUT2D eigenvalue weighted by Gasteiger charge is 2.10. The van der Waals surface area contributed by atoms with Crippen LogP contribution in [0.3, 0.4) is 0 Å². The molecule has 0 saturated carbocycles. The van der Waals surface area contributed by atoms with Gasteiger partial charge in [-0.3, -0.25) is 5.10 Å². The second kappa shape index (κ2) is 4.23. The normalized spacial score (nSPS) is 12.7. The number of rotatable bonds is 3. The predicted octanol–water partition coefficient (Wildman–Crippen LogP) is 1.36. The van der Waals surface area contributed by atoms with Crippen molar-refractivity contribution in [2.75, 3.05) is 0 Å². The van der Waals surface area contributed by atoms with Crippen molar-refractivity contribution in [3.8, 4) is 0 Å². The Morgan fingerprint density at radius 2 is 2.20 bits per heavy atom. The minimum atomic E-state index is -0.117. The number of aromatic amines is 1. The SMILES string of the molecule is Cc1ccccc1CC(N)c1ncn[nH]1. The van der Waals surface area contributed by atoms with Crippen molar-refractivity contribution in [2.24, 2.45) is 5.73 Å². The Morgan fingerprint density at radius 1 is 1.40 bits per heavy atom. The summed E-state index contributed by atoms with van der Waals surface area (Å²) in [6.07, 6.45) is 2.26. The number of H-pyrrole nitrogens is 1. The van der Waals surface area contributed by atoms with Crippen LogP contribution in [0.4, 0.5) is 0 Å². The van der Waals surface area contributed by atoms with Crippen molar-refractivity contribution in [3.63, 3.8) is 0 Å². The molecule has 0 radical (unpaired) electrons. The lowest BCUT2D eigenvalue weighted by Crippen LogP contribution is -2.15. The van der Waals surface area contributed by atoms with Crippen LogP contribution in [0.15, 0.2) is 30.6 Å². The maximum absolute atomic E-state index is 6.01. The quantitative estimate of drug-likeness (QED) is 0.789. The van der Waals surface area contributed by atoms with Gasteiger partial charge in [-0.2, -0.15) is 5.10 Å². The van der Waals surface area contributed by atoms with Crippen molar-refractivity contribution in [3.05, 3.63) is 47.5 Å². The monoisotopic (exact) mass is 202 g/mol. The zero-order valence-electron chi connectivity index (χ0n) is 8.64. The molecule has 1 atom stereocenters. The molecule has 0 aliphatic rings. The molecule has 3 N–H and O–H groups in total. The lowest BCUT2D eigenvalue weighted by Gasteiger charge is -2.10. The van der Waals surface area contributed by atoms with E-state index < -0.39 is 0 Å². The number of nitrogens with two attached hydrogens (primary N) is 1. The van der Waals surface area contributed by atoms with E-state index in [1.165, 1.54) is 17.5 Å². The summed E-state index contributed by atoms with van der Waals surface area (Å²) in [5, 5.41) is 6.58. The lowest BCUT2D eigenvalue weighted by atomic mass is 10.0. The Bertz CT molecular complexity index is 422. The Morgan fingerprint density at radius 3 is 2.87 bits per heavy atom. The van der Waals surface area contributed by atoms with E-state index in [4.69, 9.17) is 5.73 Å². The molecule has 0 spiro atoms. The smallest absolute Gasteiger partial charge is 0.141 e. The van der Waals surface area contributed by atoms with Crippen LogP contribution in [0.5, 0.6) is 0 Å². The van der Waals surface area contributed by atoms with Gasteiger partial charge in [0, 0.05) is 0 Å². The fourth-order valence-electron chi connectivity index (χ4n) is 1.57. The predicted molar refractivity (Wildman–Crippen MR) is 58.2 cm³/mol. The molecule has 15 heavy (non-hydrogen) atoms. The molecule has 2 aromatic rings. The molecule has 0 aliphatic carbocycles. The number of nitrogens with one attached hydrogen (secondary N) is 1. The van der Waals surface area contributed by atoms with Crippen LogP contribution in [0.25, 0.3) is 0 Å². The average molecular weight is 202 g/mol. The van der Waals surface area contributed by atoms with E-state index in [0.717, 1.165) is 12.2 Å². The van der Waals surface area contributed by atoms with E-state index >= 15 is 0 Å². The summed E-state index contributed by atoms with van der Waals surface area (Å²) in [5.41, 5.74) is 8.51. The van der Waals surface area contributed by atoms with E-state index in [9.17, 15) is 0 Å². The molecule has 1 unspecified atom stereocenters. The van der Waals surface area contributed by atoms with Gasteiger partial charge < -0.3 is 5.73 Å². The largest absolute Gasteiger partial charge is 0.321 e. The molecule has 0 aliphatic heterocycles. The zero-order valence-corrected chi connectivity index (χ0v) is 8.64. The average Bonchev–Trinajstić information content (AvgIpc) is 2.74. The van der Waals surface area contributed by atoms with Crippen LogP contribution in [0.2, 0.25) is 0 Å². The molecule has 1 heterocycles. The summed E-state index contributed by atoms with van der Waals surface area (Å²) in [5.74, 6) is 0.734. The van der Waals surface area contributed by atoms with E-state index in [1.54, 1.807) is 0 Å². The van der Waals surface area contributed by atoms with Gasteiger partial charge in [0.1, 0.15) is 12.2 Å². The van der Waals surface area contributed by atoms with Crippen LogP contribution in [-0.2, 0) is 6.42 Å². The van der Waals surface area contributed by atoms with Gasteiger partial charge in [-0.1, -0.05) is 24.3 Å². The minimum Gasteiger partial charge on any atom is -0.321 e. The molecule has 78 valence electrons. The Hall–Kier alpha value is -1.68. The highest BCUT2D eigenvalue weighted by molar-refractivity contribution is 5.26. The molecule has 1 aromatic carbocycles. The Labute approximate surface area is 88.5 Å². The van der Waals surface area contributed by atoms with Crippen molar-refractivity contribution >= 4 is 0 Å². The standard InChI is InChI=1S/C11H14N4/c1-8-4-2-3-5-9(8)6-10(12)11-13-7-14-15-11/h2-5,7,10H,6,12H2,1H3,(H,13,14,15). The molecule has 0 saturated heterocycles. The van der Waals surface area contributed by atoms with Crippen LogP contribution < -0.4 is 5.73 Å². The fourth-order valence-corrected chi connectivity index (χ4v) is 1.57. The lowest BCUT2D eigenvalue weighted by molar-refractivity contribution is 0.669. The van der Waals surface area contributed by atoms with Gasteiger partial charge in [-0.05, 0) is 24.5 Å². The minimum absolute atomic E-state index is 0.117. The molecule has 0 fully saturated rings. The van der Waals surface area contributed by atoms with E-state index in [2.05, 4.69) is 34.2 Å². The highest BCUT2D eigenvalue weighted by atomic mass is 15.2. The summed E-state index contributed by atoms with van der Waals surface area (Å²) in [6, 6.07) is 8.11. The zero-order chi connectivity index (χ0) is 10.7. The molecule has 2 rings (SSSR count). The van der Waals surface area contributed by atoms with Crippen LogP contribution >= 0.6 is 0 Å². The summed E-state index contributed by atoms with van der Waals surface area (Å²) < 4.78 is 0. The third-order valence-electron chi connectivity index (χ3n) is 2.49. The first-order chi connectivity index (χ1) is 7.27. The third kappa shape index (κ3) is 2.22. The molecular formula is C11H14N4. The van der Waals surface area contributed by atoms with Crippen molar-refractivity contribution in [1.82, 2.24) is 15.2 Å². The summed E-state index contributed by atoms with van der Waals surface area (Å²) >= 11 is 0. The topological polar surface area (TPSA) is 67.6 Å². The van der Waals surface area contributed by atoms with Gasteiger partial charge >= 0.3 is 0 Å². The van der Waals surface area contributed by atoms with Gasteiger partial charge in [0.2, 0.25) is 0 Å².